The summed E-state index contributed by atoms with van der Waals surface area (Å²) in [4.78, 5) is 8.79. The molecule has 0 saturated heterocycles. The van der Waals surface area contributed by atoms with Crippen LogP contribution in [0.1, 0.15) is 11.1 Å². The monoisotopic (exact) mass is 1280 g/mol. The predicted octanol–water partition coefficient (Wildman–Crippen LogP) is 9.84. The van der Waals surface area contributed by atoms with E-state index in [1.165, 1.54) is 61.5 Å². The molecule has 10 heteroatoms. The van der Waals surface area contributed by atoms with Gasteiger partial charge in [-0.1, -0.05) is 0 Å². The van der Waals surface area contributed by atoms with Crippen molar-refractivity contribution in [2.45, 2.75) is 13.8 Å². The van der Waals surface area contributed by atoms with Gasteiger partial charge < -0.3 is 4.98 Å². The van der Waals surface area contributed by atoms with Crippen LogP contribution in [0.3, 0.4) is 0 Å². The van der Waals surface area contributed by atoms with Crippen LogP contribution in [-0.2, 0) is 0 Å². The Labute approximate surface area is 277 Å². The zero-order valence-corrected chi connectivity index (χ0v) is 31.8. The molecule has 0 saturated carbocycles. The fraction of sp³-hybridized carbons (Fsp3) is 0.105. The number of aromatic amines is 1. The minimum Gasteiger partial charge on any atom is -0.360 e. The van der Waals surface area contributed by atoms with Gasteiger partial charge in [-0.05, 0) is 206 Å². The van der Waals surface area contributed by atoms with Gasteiger partial charge in [0.1, 0.15) is 0 Å². The average Bonchev–Trinajstić information content (AvgIpc) is 3.14. The Morgan fingerprint density at radius 1 is 0.621 bits per heavy atom. The smallest absolute Gasteiger partial charge is 0.0876 e. The van der Waals surface area contributed by atoms with E-state index >= 15 is 0 Å². The molecule has 0 amide bonds. The topological polar surface area (TPSA) is 28.7 Å². The number of hydrogen-bond acceptors (Lipinski definition) is 1. The van der Waals surface area contributed by atoms with Crippen LogP contribution in [0.5, 0.6) is 0 Å². The summed E-state index contributed by atoms with van der Waals surface area (Å²) in [6, 6.07) is 0. The van der Waals surface area contributed by atoms with Gasteiger partial charge in [0.15, 0.2) is 0 Å². The van der Waals surface area contributed by atoms with Crippen LogP contribution in [0.2, 0.25) is 0 Å². The molecule has 0 aliphatic heterocycles. The maximum atomic E-state index is 5.26. The van der Waals surface area contributed by atoms with Gasteiger partial charge in [-0.3, -0.25) is 0 Å². The van der Waals surface area contributed by atoms with Crippen LogP contribution in [0.25, 0.3) is 33.1 Å². The van der Waals surface area contributed by atoms with Crippen LogP contribution in [-0.4, -0.2) is 9.97 Å². The standard InChI is InChI=1S/C19H8I8N2/c1-4-5(2)10(21)19-8(9(4)20)12(23)15(26)17(29-19)6-3-28-18-7(6)11(22)13(24)14(25)16(18)27/h3,28H,1-2H3. The van der Waals surface area contributed by atoms with Crippen molar-refractivity contribution in [2.24, 2.45) is 0 Å². The van der Waals surface area contributed by atoms with Crippen molar-refractivity contribution in [1.29, 1.82) is 0 Å². The predicted molar refractivity (Wildman–Crippen MR) is 190 cm³/mol. The Kier molecular flexibility index (Phi) is 8.48. The fourth-order valence-corrected chi connectivity index (χ4v) is 10.5. The summed E-state index contributed by atoms with van der Waals surface area (Å²) < 4.78 is 10.2. The number of hydrogen-bond donors (Lipinski definition) is 1. The first-order valence-electron chi connectivity index (χ1n) is 8.04. The summed E-state index contributed by atoms with van der Waals surface area (Å²) in [5.41, 5.74) is 7.24. The second-order valence-electron chi connectivity index (χ2n) is 6.40. The van der Waals surface area contributed by atoms with E-state index < -0.39 is 0 Å². The Morgan fingerprint density at radius 2 is 1.17 bits per heavy atom. The lowest BCUT2D eigenvalue weighted by Gasteiger charge is -2.16. The molecule has 0 spiro atoms. The van der Waals surface area contributed by atoms with Crippen molar-refractivity contribution in [3.05, 3.63) is 45.9 Å². The molecule has 29 heavy (non-hydrogen) atoms. The van der Waals surface area contributed by atoms with E-state index in [9.17, 15) is 0 Å². The number of fused-ring (bicyclic) bond motifs is 2. The molecule has 4 rings (SSSR count). The highest BCUT2D eigenvalue weighted by Gasteiger charge is 2.24. The van der Waals surface area contributed by atoms with E-state index in [0.717, 1.165) is 11.2 Å². The lowest BCUT2D eigenvalue weighted by molar-refractivity contribution is 1.27. The SMILES string of the molecule is Cc1c(C)c(I)c2c(I)c(I)c(-c3c[nH]c4c(I)c(I)c(I)c(I)c34)nc2c1I. The second kappa shape index (κ2) is 9.70. The zero-order valence-electron chi connectivity index (χ0n) is 14.5. The number of pyridine rings is 1. The highest BCUT2D eigenvalue weighted by atomic mass is 127. The molecule has 0 radical (unpaired) electrons. The van der Waals surface area contributed by atoms with Gasteiger partial charge in [0.2, 0.25) is 0 Å². The number of halogens is 8. The van der Waals surface area contributed by atoms with Gasteiger partial charge in [-0.25, -0.2) is 4.98 Å². The molecule has 2 aromatic heterocycles. The van der Waals surface area contributed by atoms with Crippen molar-refractivity contribution in [2.75, 3.05) is 0 Å². The molecule has 150 valence electrons. The summed E-state index contributed by atoms with van der Waals surface area (Å²) in [6.45, 7) is 4.41. The molecule has 0 aliphatic rings. The quantitative estimate of drug-likeness (QED) is 0.115. The molecule has 0 atom stereocenters. The van der Waals surface area contributed by atoms with Crippen LogP contribution in [0.15, 0.2) is 6.20 Å². The number of H-pyrrole nitrogens is 1. The lowest BCUT2D eigenvalue weighted by Crippen LogP contribution is -2.02. The Bertz CT molecular complexity index is 1360. The number of aromatic nitrogens is 2. The lowest BCUT2D eigenvalue weighted by atomic mass is 10.0. The molecule has 0 bridgehead atoms. The molecular formula is C19H8I8N2. The molecule has 0 fully saturated rings. The molecule has 4 aromatic rings. The Hall–Kier alpha value is 3.23. The van der Waals surface area contributed by atoms with E-state index in [-0.39, 0.29) is 0 Å². The first kappa shape index (κ1) is 25.3. The molecule has 2 aromatic carbocycles. The van der Waals surface area contributed by atoms with Crippen molar-refractivity contribution in [3.8, 4) is 11.3 Å². The Morgan fingerprint density at radius 3 is 1.83 bits per heavy atom. The minimum atomic E-state index is 1.07. The Balaban J connectivity index is 2.18. The normalized spacial score (nSPS) is 11.8. The van der Waals surface area contributed by atoms with Gasteiger partial charge >= 0.3 is 0 Å². The summed E-state index contributed by atoms with van der Waals surface area (Å²) in [5.74, 6) is 0. The van der Waals surface area contributed by atoms with E-state index in [0.29, 0.717) is 0 Å². The summed E-state index contributed by atoms with van der Waals surface area (Å²) in [7, 11) is 0. The van der Waals surface area contributed by atoms with Gasteiger partial charge in [0.25, 0.3) is 0 Å². The largest absolute Gasteiger partial charge is 0.360 e. The van der Waals surface area contributed by atoms with Gasteiger partial charge in [0.05, 0.1) is 23.9 Å². The maximum Gasteiger partial charge on any atom is 0.0876 e. The van der Waals surface area contributed by atoms with E-state index in [1.54, 1.807) is 0 Å². The van der Waals surface area contributed by atoms with Gasteiger partial charge in [-0.2, -0.15) is 0 Å². The number of nitrogens with one attached hydrogen (secondary N) is 1. The van der Waals surface area contributed by atoms with Crippen LogP contribution >= 0.6 is 181 Å². The van der Waals surface area contributed by atoms with E-state index in [4.69, 9.17) is 4.98 Å². The third kappa shape index (κ3) is 4.15. The van der Waals surface area contributed by atoms with Crippen LogP contribution in [0.4, 0.5) is 0 Å². The number of nitrogens with zero attached hydrogens (tertiary/aromatic N) is 1. The van der Waals surface area contributed by atoms with Gasteiger partial charge in [-0.15, -0.1) is 0 Å². The molecule has 2 heterocycles. The number of benzene rings is 2. The van der Waals surface area contributed by atoms with Crippen LogP contribution < -0.4 is 0 Å². The zero-order chi connectivity index (χ0) is 21.4. The van der Waals surface area contributed by atoms with Crippen molar-refractivity contribution in [1.82, 2.24) is 9.97 Å². The fourth-order valence-electron chi connectivity index (χ4n) is 3.19. The van der Waals surface area contributed by atoms with Crippen LogP contribution in [0, 0.1) is 42.4 Å². The van der Waals surface area contributed by atoms with E-state index in [2.05, 4.69) is 206 Å². The first-order valence-corrected chi connectivity index (χ1v) is 16.7. The van der Waals surface area contributed by atoms with Crippen molar-refractivity contribution >= 4 is 203 Å². The molecule has 2 nitrogen and oxygen atoms in total. The summed E-state index contributed by atoms with van der Waals surface area (Å²) >= 11 is 19.8. The minimum absolute atomic E-state index is 1.07. The summed E-state index contributed by atoms with van der Waals surface area (Å²) in [5, 5.41) is 2.55. The maximum absolute atomic E-state index is 5.26. The van der Waals surface area contributed by atoms with E-state index in [1.807, 2.05) is 0 Å². The third-order valence-corrected chi connectivity index (χ3v) is 18.1. The highest BCUT2D eigenvalue weighted by molar-refractivity contribution is 14.1. The average molecular weight is 1280 g/mol. The summed E-state index contributed by atoms with van der Waals surface area (Å²) in [6.07, 6.45) is 2.13. The first-order chi connectivity index (χ1) is 13.6. The highest BCUT2D eigenvalue weighted by Crippen LogP contribution is 2.43. The molecule has 0 aliphatic carbocycles. The number of rotatable bonds is 1. The second-order valence-corrected chi connectivity index (χ2v) is 15.0. The molecule has 0 unspecified atom stereocenters. The third-order valence-electron chi connectivity index (χ3n) is 4.88. The van der Waals surface area contributed by atoms with Gasteiger partial charge in [0, 0.05) is 44.0 Å². The molecule has 1 N–H and O–H groups in total. The van der Waals surface area contributed by atoms with Crippen molar-refractivity contribution in [3.63, 3.8) is 0 Å². The molecular weight excluding hydrogens is 1270 g/mol. The van der Waals surface area contributed by atoms with Crippen molar-refractivity contribution < 1.29 is 0 Å².